The van der Waals surface area contributed by atoms with Crippen molar-refractivity contribution in [1.29, 1.82) is 0 Å². The van der Waals surface area contributed by atoms with Gasteiger partial charge in [-0.2, -0.15) is 0 Å². The molecule has 26 heavy (non-hydrogen) atoms. The quantitative estimate of drug-likeness (QED) is 0.816. The number of hydrogen-bond donors (Lipinski definition) is 0. The Hall–Kier alpha value is -2.90. The van der Waals surface area contributed by atoms with E-state index in [-0.39, 0.29) is 28.9 Å². The maximum Gasteiger partial charge on any atom is 0.290 e. The molecule has 0 radical (unpaired) electrons. The molecule has 1 amide bonds. The number of nitrogens with zero attached hydrogens (tertiary/aromatic N) is 4. The molecule has 0 aliphatic carbocycles. The van der Waals surface area contributed by atoms with Crippen molar-refractivity contribution in [3.05, 3.63) is 46.9 Å². The predicted octanol–water partition coefficient (Wildman–Crippen LogP) is 1.18. The molecule has 2 atom stereocenters. The van der Waals surface area contributed by atoms with Gasteiger partial charge in [0.05, 0.1) is 13.3 Å². The van der Waals surface area contributed by atoms with E-state index in [9.17, 15) is 9.59 Å². The lowest BCUT2D eigenvalue weighted by Crippen LogP contribution is -2.47. The number of aromatic nitrogens is 2. The average Bonchev–Trinajstić information content (AvgIpc) is 3.00. The van der Waals surface area contributed by atoms with E-state index in [1.54, 1.807) is 18.6 Å². The molecule has 2 bridgehead atoms. The Morgan fingerprint density at radius 3 is 2.88 bits per heavy atom. The maximum atomic E-state index is 12.9. The van der Waals surface area contributed by atoms with Gasteiger partial charge < -0.3 is 19.0 Å². The number of fused-ring (bicyclic) bond motifs is 4. The largest absolute Gasteiger partial charge is 0.490 e. The summed E-state index contributed by atoms with van der Waals surface area (Å²) in [5, 5.41) is 0. The van der Waals surface area contributed by atoms with Gasteiger partial charge in [-0.15, -0.1) is 0 Å². The van der Waals surface area contributed by atoms with Gasteiger partial charge in [-0.25, -0.2) is 4.98 Å². The van der Waals surface area contributed by atoms with Crippen LogP contribution in [0.5, 0.6) is 5.75 Å². The lowest BCUT2D eigenvalue weighted by Gasteiger charge is -2.35. The van der Waals surface area contributed by atoms with Gasteiger partial charge in [-0.05, 0) is 18.8 Å². The monoisotopic (exact) mass is 356 g/mol. The summed E-state index contributed by atoms with van der Waals surface area (Å²) in [5.74, 6) is 1.07. The lowest BCUT2D eigenvalue weighted by atomic mass is 9.95. The fourth-order valence-corrected chi connectivity index (χ4v) is 3.77. The van der Waals surface area contributed by atoms with Crippen LogP contribution in [-0.4, -0.2) is 53.6 Å². The van der Waals surface area contributed by atoms with Crippen molar-refractivity contribution >= 4 is 11.7 Å². The van der Waals surface area contributed by atoms with Crippen LogP contribution >= 0.6 is 0 Å². The number of carbonyl (C=O) groups is 1. The van der Waals surface area contributed by atoms with E-state index in [2.05, 4.69) is 14.9 Å². The Morgan fingerprint density at radius 1 is 1.27 bits per heavy atom. The number of rotatable bonds is 3. The van der Waals surface area contributed by atoms with Crippen molar-refractivity contribution < 1.29 is 13.9 Å². The fraction of sp³-hybridized carbons (Fsp3) is 0.444. The Labute approximate surface area is 150 Å². The van der Waals surface area contributed by atoms with Gasteiger partial charge in [-0.1, -0.05) is 0 Å². The van der Waals surface area contributed by atoms with E-state index in [1.807, 2.05) is 4.90 Å². The zero-order valence-corrected chi connectivity index (χ0v) is 14.5. The first kappa shape index (κ1) is 16.6. The van der Waals surface area contributed by atoms with Crippen molar-refractivity contribution in [1.82, 2.24) is 14.9 Å². The van der Waals surface area contributed by atoms with E-state index in [4.69, 9.17) is 9.15 Å². The third-order valence-electron chi connectivity index (χ3n) is 5.08. The Morgan fingerprint density at radius 2 is 2.15 bits per heavy atom. The van der Waals surface area contributed by atoms with Crippen molar-refractivity contribution in [2.75, 3.05) is 31.6 Å². The summed E-state index contributed by atoms with van der Waals surface area (Å²) in [5.41, 5.74) is -0.358. The summed E-state index contributed by atoms with van der Waals surface area (Å²) in [4.78, 5) is 37.4. The van der Waals surface area contributed by atoms with Gasteiger partial charge in [0.1, 0.15) is 12.1 Å². The van der Waals surface area contributed by atoms with E-state index in [0.717, 1.165) is 25.2 Å². The van der Waals surface area contributed by atoms with E-state index in [0.29, 0.717) is 19.0 Å². The van der Waals surface area contributed by atoms with Crippen LogP contribution in [0.3, 0.4) is 0 Å². The summed E-state index contributed by atoms with van der Waals surface area (Å²) in [6.45, 7) is 2.18. The first-order chi connectivity index (χ1) is 12.7. The van der Waals surface area contributed by atoms with Crippen LogP contribution in [0.1, 0.15) is 23.4 Å². The standard InChI is InChI=1S/C18H20N4O4/c1-25-16-11-26-15(6-14(16)23)18(24)22-9-12-2-3-13(22)10-21(8-12)17-7-19-4-5-20-17/h4-7,11-13H,2-3,8-10H2,1H3/t12-,13+/m0/s1. The van der Waals surface area contributed by atoms with Crippen molar-refractivity contribution in [3.63, 3.8) is 0 Å². The second-order valence-corrected chi connectivity index (χ2v) is 6.70. The molecule has 2 aromatic heterocycles. The highest BCUT2D eigenvalue weighted by molar-refractivity contribution is 5.91. The van der Waals surface area contributed by atoms with Gasteiger partial charge in [0.2, 0.25) is 11.2 Å². The molecular weight excluding hydrogens is 336 g/mol. The van der Waals surface area contributed by atoms with Crippen LogP contribution in [0.25, 0.3) is 0 Å². The van der Waals surface area contributed by atoms with Gasteiger partial charge in [0, 0.05) is 44.1 Å². The third kappa shape index (κ3) is 3.02. The molecule has 5 heterocycles. The summed E-state index contributed by atoms with van der Waals surface area (Å²) in [6.07, 6.45) is 8.26. The molecule has 136 valence electrons. The summed E-state index contributed by atoms with van der Waals surface area (Å²) in [6, 6.07) is 1.26. The van der Waals surface area contributed by atoms with E-state index < -0.39 is 0 Å². The molecule has 0 unspecified atom stereocenters. The van der Waals surface area contributed by atoms with Crippen LogP contribution in [0.4, 0.5) is 5.82 Å². The van der Waals surface area contributed by atoms with Crippen LogP contribution in [0.15, 0.2) is 40.1 Å². The third-order valence-corrected chi connectivity index (χ3v) is 5.08. The Balaban J connectivity index is 1.57. The second kappa shape index (κ2) is 6.78. The zero-order valence-electron chi connectivity index (χ0n) is 14.5. The molecule has 8 nitrogen and oxygen atoms in total. The number of hydrogen-bond acceptors (Lipinski definition) is 7. The van der Waals surface area contributed by atoms with Gasteiger partial charge in [0.15, 0.2) is 5.76 Å². The minimum Gasteiger partial charge on any atom is -0.490 e. The first-order valence-corrected chi connectivity index (χ1v) is 8.64. The van der Waals surface area contributed by atoms with Crippen molar-refractivity contribution in [2.24, 2.45) is 5.92 Å². The SMILES string of the molecule is COc1coc(C(=O)N2C[C@H]3CC[C@@H]2CN(c2cnccn2)C3)cc1=O. The molecule has 3 aliphatic rings. The average molecular weight is 356 g/mol. The summed E-state index contributed by atoms with van der Waals surface area (Å²) in [7, 11) is 1.39. The molecule has 3 fully saturated rings. The number of piperidine rings is 1. The van der Waals surface area contributed by atoms with E-state index >= 15 is 0 Å². The second-order valence-electron chi connectivity index (χ2n) is 6.70. The molecule has 0 saturated carbocycles. The van der Waals surface area contributed by atoms with Gasteiger partial charge >= 0.3 is 0 Å². The normalized spacial score (nSPS) is 22.2. The molecule has 0 spiro atoms. The highest BCUT2D eigenvalue weighted by atomic mass is 16.5. The smallest absolute Gasteiger partial charge is 0.290 e. The molecule has 0 aromatic carbocycles. The predicted molar refractivity (Wildman–Crippen MR) is 93.3 cm³/mol. The number of carbonyl (C=O) groups excluding carboxylic acids is 1. The van der Waals surface area contributed by atoms with Crippen LogP contribution in [0.2, 0.25) is 0 Å². The summed E-state index contributed by atoms with van der Waals surface area (Å²) >= 11 is 0. The number of methoxy groups -OCH3 is 1. The highest BCUT2D eigenvalue weighted by Gasteiger charge is 2.38. The fourth-order valence-electron chi connectivity index (χ4n) is 3.77. The first-order valence-electron chi connectivity index (χ1n) is 8.64. The molecule has 2 aromatic rings. The molecular formula is C18H20N4O4. The topological polar surface area (TPSA) is 88.8 Å². The minimum atomic E-state index is -0.358. The molecule has 3 saturated heterocycles. The Bertz CT molecular complexity index is 854. The molecule has 0 N–H and O–H groups in total. The van der Waals surface area contributed by atoms with Gasteiger partial charge in [0.25, 0.3) is 5.91 Å². The summed E-state index contributed by atoms with van der Waals surface area (Å²) < 4.78 is 10.3. The van der Waals surface area contributed by atoms with Crippen molar-refractivity contribution in [3.8, 4) is 5.75 Å². The highest BCUT2D eigenvalue weighted by Crippen LogP contribution is 2.30. The molecule has 8 heteroatoms. The number of ether oxygens (including phenoxy) is 1. The Kier molecular flexibility index (Phi) is 4.32. The number of amides is 1. The zero-order chi connectivity index (χ0) is 18.1. The molecule has 3 aliphatic heterocycles. The van der Waals surface area contributed by atoms with E-state index in [1.165, 1.54) is 19.4 Å². The number of anilines is 1. The molecule has 5 rings (SSSR count). The van der Waals surface area contributed by atoms with Crippen LogP contribution < -0.4 is 15.1 Å². The van der Waals surface area contributed by atoms with Crippen LogP contribution in [-0.2, 0) is 0 Å². The minimum absolute atomic E-state index is 0.0504. The van der Waals surface area contributed by atoms with Crippen LogP contribution in [0, 0.1) is 5.92 Å². The lowest BCUT2D eigenvalue weighted by molar-refractivity contribution is 0.0556. The van der Waals surface area contributed by atoms with Crippen molar-refractivity contribution in [2.45, 2.75) is 18.9 Å². The van der Waals surface area contributed by atoms with Gasteiger partial charge in [-0.3, -0.25) is 14.6 Å². The maximum absolute atomic E-state index is 12.9.